The van der Waals surface area contributed by atoms with E-state index in [2.05, 4.69) is 15.2 Å². The number of nitrogens with two attached hydrogens (primary N) is 1. The van der Waals surface area contributed by atoms with E-state index in [9.17, 15) is 9.59 Å². The van der Waals surface area contributed by atoms with Crippen molar-refractivity contribution in [3.05, 3.63) is 53.0 Å². The maximum absolute atomic E-state index is 13.0. The first-order valence-corrected chi connectivity index (χ1v) is 11.1. The lowest BCUT2D eigenvalue weighted by Gasteiger charge is -2.22. The van der Waals surface area contributed by atoms with Gasteiger partial charge in [0.05, 0.1) is 25.6 Å². The Morgan fingerprint density at radius 2 is 1.81 bits per heavy atom. The lowest BCUT2D eigenvalue weighted by atomic mass is 10.1. The van der Waals surface area contributed by atoms with Gasteiger partial charge in [-0.2, -0.15) is 0 Å². The molecular formula is C23H24N4O4S. The molecule has 1 aliphatic heterocycles. The van der Waals surface area contributed by atoms with Gasteiger partial charge in [0.15, 0.2) is 11.5 Å². The van der Waals surface area contributed by atoms with E-state index >= 15 is 0 Å². The number of nitrogens with zero attached hydrogens (tertiary/aromatic N) is 2. The van der Waals surface area contributed by atoms with Crippen LogP contribution in [-0.2, 0) is 0 Å². The van der Waals surface area contributed by atoms with Crippen molar-refractivity contribution in [3.63, 3.8) is 0 Å². The van der Waals surface area contributed by atoms with Crippen molar-refractivity contribution >= 4 is 34.5 Å². The Balaban J connectivity index is 1.59. The Kier molecular flexibility index (Phi) is 6.27. The van der Waals surface area contributed by atoms with Crippen molar-refractivity contribution in [2.45, 2.75) is 12.8 Å². The fourth-order valence-electron chi connectivity index (χ4n) is 3.69. The molecule has 2 heterocycles. The Morgan fingerprint density at radius 1 is 1.06 bits per heavy atom. The number of thiazole rings is 1. The highest BCUT2D eigenvalue weighted by Gasteiger charge is 2.20. The SMILES string of the molecule is COc1ccc(-c2nc(C(=O)Nc3cc(C(N)=O)ccc3N3CCCC3)cs2)cc1OC. The van der Waals surface area contributed by atoms with Crippen LogP contribution in [0.5, 0.6) is 11.5 Å². The van der Waals surface area contributed by atoms with E-state index in [0.29, 0.717) is 27.8 Å². The highest BCUT2D eigenvalue weighted by Crippen LogP contribution is 2.34. The molecule has 0 atom stereocenters. The van der Waals surface area contributed by atoms with Gasteiger partial charge in [-0.1, -0.05) is 0 Å². The molecule has 0 unspecified atom stereocenters. The van der Waals surface area contributed by atoms with Crippen LogP contribution < -0.4 is 25.4 Å². The Morgan fingerprint density at radius 3 is 2.50 bits per heavy atom. The second-order valence-electron chi connectivity index (χ2n) is 7.35. The van der Waals surface area contributed by atoms with Gasteiger partial charge in [-0.3, -0.25) is 9.59 Å². The highest BCUT2D eigenvalue weighted by molar-refractivity contribution is 7.13. The number of amides is 2. The van der Waals surface area contributed by atoms with Crippen molar-refractivity contribution in [1.29, 1.82) is 0 Å². The van der Waals surface area contributed by atoms with Gasteiger partial charge in [0.1, 0.15) is 10.7 Å². The van der Waals surface area contributed by atoms with Gasteiger partial charge in [0, 0.05) is 29.6 Å². The Labute approximate surface area is 190 Å². The summed E-state index contributed by atoms with van der Waals surface area (Å²) in [5.41, 5.74) is 8.31. The number of ether oxygens (including phenoxy) is 2. The van der Waals surface area contributed by atoms with Crippen LogP contribution in [0.25, 0.3) is 10.6 Å². The van der Waals surface area contributed by atoms with Crippen molar-refractivity contribution in [2.24, 2.45) is 5.73 Å². The smallest absolute Gasteiger partial charge is 0.275 e. The van der Waals surface area contributed by atoms with E-state index < -0.39 is 5.91 Å². The van der Waals surface area contributed by atoms with Gasteiger partial charge in [0.25, 0.3) is 5.91 Å². The van der Waals surface area contributed by atoms with Crippen LogP contribution in [0.2, 0.25) is 0 Å². The van der Waals surface area contributed by atoms with E-state index in [4.69, 9.17) is 15.2 Å². The van der Waals surface area contributed by atoms with Crippen LogP contribution in [0.15, 0.2) is 41.8 Å². The lowest BCUT2D eigenvalue weighted by Crippen LogP contribution is -2.22. The summed E-state index contributed by atoms with van der Waals surface area (Å²) < 4.78 is 10.6. The zero-order chi connectivity index (χ0) is 22.7. The fourth-order valence-corrected chi connectivity index (χ4v) is 4.49. The number of carbonyl (C=O) groups is 2. The molecule has 1 saturated heterocycles. The van der Waals surface area contributed by atoms with Crippen LogP contribution in [0.3, 0.4) is 0 Å². The van der Waals surface area contributed by atoms with Crippen LogP contribution in [0.1, 0.15) is 33.7 Å². The summed E-state index contributed by atoms with van der Waals surface area (Å²) in [7, 11) is 3.15. The summed E-state index contributed by atoms with van der Waals surface area (Å²) in [6.45, 7) is 1.80. The first-order valence-electron chi connectivity index (χ1n) is 10.2. The molecule has 32 heavy (non-hydrogen) atoms. The van der Waals surface area contributed by atoms with E-state index in [-0.39, 0.29) is 11.6 Å². The first kappa shape index (κ1) is 21.6. The molecule has 8 nitrogen and oxygen atoms in total. The fraction of sp³-hybridized carbons (Fsp3) is 0.261. The molecule has 166 valence electrons. The van der Waals surface area contributed by atoms with Crippen molar-refractivity contribution in [1.82, 2.24) is 4.98 Å². The van der Waals surface area contributed by atoms with Crippen molar-refractivity contribution in [2.75, 3.05) is 37.5 Å². The monoisotopic (exact) mass is 452 g/mol. The molecule has 2 amide bonds. The predicted molar refractivity (Wildman–Crippen MR) is 125 cm³/mol. The summed E-state index contributed by atoms with van der Waals surface area (Å²) in [6, 6.07) is 10.6. The van der Waals surface area contributed by atoms with Crippen molar-refractivity contribution in [3.8, 4) is 22.1 Å². The molecule has 3 N–H and O–H groups in total. The van der Waals surface area contributed by atoms with Gasteiger partial charge in [0.2, 0.25) is 5.91 Å². The molecule has 4 rings (SSSR count). The molecule has 0 spiro atoms. The van der Waals surface area contributed by atoms with E-state index in [0.717, 1.165) is 37.2 Å². The standard InChI is InChI=1S/C23H24N4O4S/c1-30-19-8-6-15(12-20(19)31-2)23-26-17(13-32-23)22(29)25-16-11-14(21(24)28)5-7-18(16)27-9-3-4-10-27/h5-8,11-13H,3-4,9-10H2,1-2H3,(H2,24,28)(H,25,29). The number of benzene rings is 2. The second kappa shape index (κ2) is 9.27. The number of carbonyl (C=O) groups excluding carboxylic acids is 2. The highest BCUT2D eigenvalue weighted by atomic mass is 32.1. The summed E-state index contributed by atoms with van der Waals surface area (Å²) in [5, 5.41) is 5.30. The van der Waals surface area contributed by atoms with Gasteiger partial charge in [-0.05, 0) is 49.2 Å². The van der Waals surface area contributed by atoms with Crippen LogP contribution in [-0.4, -0.2) is 44.1 Å². The molecule has 0 aliphatic carbocycles. The molecule has 1 aliphatic rings. The number of hydrogen-bond donors (Lipinski definition) is 2. The molecule has 3 aromatic rings. The molecule has 1 aromatic heterocycles. The van der Waals surface area contributed by atoms with E-state index in [1.165, 1.54) is 11.3 Å². The number of anilines is 2. The number of nitrogens with one attached hydrogen (secondary N) is 1. The lowest BCUT2D eigenvalue weighted by molar-refractivity contribution is 0.0995. The Bertz CT molecular complexity index is 1150. The molecule has 0 radical (unpaired) electrons. The maximum Gasteiger partial charge on any atom is 0.275 e. The van der Waals surface area contributed by atoms with Gasteiger partial charge < -0.3 is 25.4 Å². The third-order valence-electron chi connectivity index (χ3n) is 5.34. The molecule has 2 aromatic carbocycles. The predicted octanol–water partition coefficient (Wildman–Crippen LogP) is 3.78. The van der Waals surface area contributed by atoms with Crippen molar-refractivity contribution < 1.29 is 19.1 Å². The van der Waals surface area contributed by atoms with E-state index in [1.54, 1.807) is 37.8 Å². The summed E-state index contributed by atoms with van der Waals surface area (Å²) in [6.07, 6.45) is 2.18. The number of primary amides is 1. The normalized spacial score (nSPS) is 13.1. The topological polar surface area (TPSA) is 107 Å². The maximum atomic E-state index is 13.0. The molecular weight excluding hydrogens is 428 g/mol. The summed E-state index contributed by atoms with van der Waals surface area (Å²) in [4.78, 5) is 31.3. The van der Waals surface area contributed by atoms with Gasteiger partial charge in [-0.25, -0.2) is 4.98 Å². The third kappa shape index (κ3) is 4.38. The Hall–Kier alpha value is -3.59. The largest absolute Gasteiger partial charge is 0.493 e. The van der Waals surface area contributed by atoms with E-state index in [1.807, 2.05) is 18.2 Å². The minimum absolute atomic E-state index is 0.289. The minimum atomic E-state index is -0.544. The number of rotatable bonds is 7. The summed E-state index contributed by atoms with van der Waals surface area (Å²) in [5.74, 6) is 0.312. The zero-order valence-corrected chi connectivity index (χ0v) is 18.7. The van der Waals surface area contributed by atoms with Crippen LogP contribution in [0, 0.1) is 0 Å². The average Bonchev–Trinajstić information content (AvgIpc) is 3.51. The van der Waals surface area contributed by atoms with Crippen LogP contribution >= 0.6 is 11.3 Å². The first-order chi connectivity index (χ1) is 15.5. The molecule has 0 saturated carbocycles. The van der Waals surface area contributed by atoms with Gasteiger partial charge in [-0.15, -0.1) is 11.3 Å². The minimum Gasteiger partial charge on any atom is -0.493 e. The third-order valence-corrected chi connectivity index (χ3v) is 6.23. The van der Waals surface area contributed by atoms with Gasteiger partial charge >= 0.3 is 0 Å². The average molecular weight is 453 g/mol. The zero-order valence-electron chi connectivity index (χ0n) is 17.9. The number of methoxy groups -OCH3 is 2. The van der Waals surface area contributed by atoms with Crippen LogP contribution in [0.4, 0.5) is 11.4 Å². The molecule has 0 bridgehead atoms. The number of hydrogen-bond acceptors (Lipinski definition) is 7. The quantitative estimate of drug-likeness (QED) is 0.565. The second-order valence-corrected chi connectivity index (χ2v) is 8.21. The molecule has 1 fully saturated rings. The summed E-state index contributed by atoms with van der Waals surface area (Å²) >= 11 is 1.36. The number of aromatic nitrogens is 1. The molecule has 9 heteroatoms.